The fraction of sp³-hybridized carbons (Fsp3) is 0.275. The number of fused-ring (bicyclic) bond motifs is 3. The number of nitro groups is 1. The second-order valence-corrected chi connectivity index (χ2v) is 13.3. The van der Waals surface area contributed by atoms with Gasteiger partial charge in [0.05, 0.1) is 4.92 Å². The van der Waals surface area contributed by atoms with E-state index in [2.05, 4.69) is 21.3 Å². The summed E-state index contributed by atoms with van der Waals surface area (Å²) in [7, 11) is 0. The first-order valence-corrected chi connectivity index (χ1v) is 17.8. The third-order valence-corrected chi connectivity index (χ3v) is 8.99. The van der Waals surface area contributed by atoms with Crippen LogP contribution in [-0.4, -0.2) is 60.3 Å². The van der Waals surface area contributed by atoms with Gasteiger partial charge in [-0.1, -0.05) is 74.5 Å². The second kappa shape index (κ2) is 18.9. The molecule has 0 saturated carbocycles. The summed E-state index contributed by atoms with van der Waals surface area (Å²) in [5, 5.41) is 21.4. The highest BCUT2D eigenvalue weighted by molar-refractivity contribution is 5.98. The van der Waals surface area contributed by atoms with Gasteiger partial charge in [0, 0.05) is 30.3 Å². The van der Waals surface area contributed by atoms with Gasteiger partial charge in [-0.15, -0.1) is 0 Å². The van der Waals surface area contributed by atoms with Gasteiger partial charge >= 0.3 is 18.3 Å². The predicted molar refractivity (Wildman–Crippen MR) is 205 cm³/mol. The molecule has 0 bridgehead atoms. The van der Waals surface area contributed by atoms with Gasteiger partial charge in [-0.25, -0.2) is 14.4 Å². The number of benzene rings is 4. The maximum Gasteiger partial charge on any atom is 0.514 e. The minimum Gasteiger partial charge on any atom is -0.449 e. The third kappa shape index (κ3) is 10.8. The standard InChI is InChI=1S/C40H42N6O10/c1-24(2)35(45-39(50)54-23-33-31-10-5-3-8-29(31)30-9-4-6-11-32(30)33)37(48)44-34(12-7-21-42-38(41)49)36(47)43-26-15-13-25(14-16-26)22-55-40(51)56-28-19-17-27(18-20-28)46(52)53/h3-6,8-11,13-20,24,33-35H,7,12,21-23H2,1-2H3,(H,43,47)(H,44,48)(H,45,50)(H3,41,42,49)/t34-,35?/m0/s1. The minimum atomic E-state index is -1.07. The fourth-order valence-electron chi connectivity index (χ4n) is 6.17. The molecule has 292 valence electrons. The summed E-state index contributed by atoms with van der Waals surface area (Å²) in [6.07, 6.45) is -1.39. The van der Waals surface area contributed by atoms with Crippen LogP contribution in [-0.2, 0) is 25.7 Å². The Morgan fingerprint density at radius 3 is 2.02 bits per heavy atom. The van der Waals surface area contributed by atoms with E-state index in [9.17, 15) is 34.1 Å². The Kier molecular flexibility index (Phi) is 13.6. The molecule has 5 rings (SSSR count). The van der Waals surface area contributed by atoms with Crippen LogP contribution in [0.25, 0.3) is 11.1 Å². The number of amides is 5. The van der Waals surface area contributed by atoms with E-state index < -0.39 is 47.1 Å². The van der Waals surface area contributed by atoms with Crippen molar-refractivity contribution in [3.63, 3.8) is 0 Å². The zero-order valence-corrected chi connectivity index (χ0v) is 30.7. The average Bonchev–Trinajstić information content (AvgIpc) is 3.50. The number of non-ortho nitro benzene ring substituents is 1. The monoisotopic (exact) mass is 766 g/mol. The molecule has 2 atom stereocenters. The molecule has 1 aliphatic rings. The number of hydrogen-bond acceptors (Lipinski definition) is 10. The van der Waals surface area contributed by atoms with Crippen molar-refractivity contribution >= 4 is 41.5 Å². The number of rotatable bonds is 16. The molecule has 1 unspecified atom stereocenters. The van der Waals surface area contributed by atoms with Gasteiger partial charge < -0.3 is 41.2 Å². The third-order valence-electron chi connectivity index (χ3n) is 8.99. The van der Waals surface area contributed by atoms with Crippen LogP contribution in [0.2, 0.25) is 0 Å². The highest BCUT2D eigenvalue weighted by Crippen LogP contribution is 2.44. The van der Waals surface area contributed by atoms with Crippen LogP contribution in [0.15, 0.2) is 97.1 Å². The number of anilines is 1. The number of urea groups is 1. The predicted octanol–water partition coefficient (Wildman–Crippen LogP) is 5.75. The molecule has 16 nitrogen and oxygen atoms in total. The SMILES string of the molecule is CC(C)C(NC(=O)OCC1c2ccccc2-c2ccccc21)C(=O)N[C@@H](CCCNC(N)=O)C(=O)Nc1ccc(COC(=O)Oc2ccc([N+](=O)[O-])cc2)cc1. The Hall–Kier alpha value is -6.97. The summed E-state index contributed by atoms with van der Waals surface area (Å²) >= 11 is 0. The lowest BCUT2D eigenvalue weighted by molar-refractivity contribution is -0.384. The molecule has 4 aromatic carbocycles. The molecule has 0 fully saturated rings. The number of nitrogens with zero attached hydrogens (tertiary/aromatic N) is 1. The smallest absolute Gasteiger partial charge is 0.449 e. The molecule has 5 amide bonds. The van der Waals surface area contributed by atoms with E-state index in [0.717, 1.165) is 22.3 Å². The summed E-state index contributed by atoms with van der Waals surface area (Å²) < 4.78 is 15.8. The minimum absolute atomic E-state index is 0.0569. The molecular weight excluding hydrogens is 724 g/mol. The number of primary amides is 1. The zero-order chi connectivity index (χ0) is 40.2. The molecule has 0 aliphatic heterocycles. The number of nitrogens with two attached hydrogens (primary N) is 1. The number of hydrogen-bond donors (Lipinski definition) is 5. The van der Waals surface area contributed by atoms with E-state index in [1.165, 1.54) is 24.3 Å². The van der Waals surface area contributed by atoms with Crippen LogP contribution in [0.5, 0.6) is 5.75 Å². The van der Waals surface area contributed by atoms with Crippen molar-refractivity contribution in [2.75, 3.05) is 18.5 Å². The van der Waals surface area contributed by atoms with Gasteiger partial charge in [-0.2, -0.15) is 0 Å². The van der Waals surface area contributed by atoms with Crippen molar-refractivity contribution in [1.82, 2.24) is 16.0 Å². The van der Waals surface area contributed by atoms with Gasteiger partial charge in [0.15, 0.2) is 0 Å². The van der Waals surface area contributed by atoms with E-state index in [1.807, 2.05) is 48.5 Å². The Labute approximate surface area is 322 Å². The first kappa shape index (κ1) is 40.2. The molecule has 0 spiro atoms. The lowest BCUT2D eigenvalue weighted by Gasteiger charge is -2.25. The lowest BCUT2D eigenvalue weighted by Crippen LogP contribution is -2.54. The van der Waals surface area contributed by atoms with E-state index in [0.29, 0.717) is 17.7 Å². The Morgan fingerprint density at radius 2 is 1.43 bits per heavy atom. The zero-order valence-electron chi connectivity index (χ0n) is 30.7. The Bertz CT molecular complexity index is 2010. The number of carbonyl (C=O) groups excluding carboxylic acids is 5. The van der Waals surface area contributed by atoms with Gasteiger partial charge in [-0.3, -0.25) is 19.7 Å². The Morgan fingerprint density at radius 1 is 0.804 bits per heavy atom. The largest absolute Gasteiger partial charge is 0.514 e. The van der Waals surface area contributed by atoms with Crippen LogP contribution in [0.1, 0.15) is 49.3 Å². The average molecular weight is 767 g/mol. The van der Waals surface area contributed by atoms with Crippen molar-refractivity contribution in [3.05, 3.63) is 124 Å². The molecule has 1 aliphatic carbocycles. The summed E-state index contributed by atoms with van der Waals surface area (Å²) in [6.45, 7) is 3.54. The van der Waals surface area contributed by atoms with Crippen LogP contribution in [0.3, 0.4) is 0 Å². The number of nitrogens with one attached hydrogen (secondary N) is 4. The highest BCUT2D eigenvalue weighted by Gasteiger charge is 2.32. The van der Waals surface area contributed by atoms with E-state index in [1.54, 1.807) is 38.1 Å². The van der Waals surface area contributed by atoms with Crippen molar-refractivity contribution in [2.45, 2.75) is 51.3 Å². The first-order valence-electron chi connectivity index (χ1n) is 17.8. The molecule has 0 aromatic heterocycles. The number of alkyl carbamates (subject to hydrolysis) is 1. The maximum absolute atomic E-state index is 13.6. The van der Waals surface area contributed by atoms with Crippen LogP contribution in [0.4, 0.5) is 25.8 Å². The normalized spacial score (nSPS) is 12.6. The lowest BCUT2D eigenvalue weighted by atomic mass is 9.98. The van der Waals surface area contributed by atoms with Gasteiger partial charge in [0.25, 0.3) is 5.69 Å². The van der Waals surface area contributed by atoms with Crippen LogP contribution >= 0.6 is 0 Å². The van der Waals surface area contributed by atoms with Crippen LogP contribution < -0.4 is 31.7 Å². The van der Waals surface area contributed by atoms with Gasteiger partial charge in [-0.05, 0) is 70.8 Å². The number of ether oxygens (including phenoxy) is 3. The molecular formula is C40H42N6O10. The Balaban J connectivity index is 1.16. The van der Waals surface area contributed by atoms with Crippen LogP contribution in [0, 0.1) is 16.0 Å². The van der Waals surface area contributed by atoms with Gasteiger partial charge in [0.1, 0.15) is 31.0 Å². The van der Waals surface area contributed by atoms with Crippen molar-refractivity contribution < 1.29 is 43.1 Å². The summed E-state index contributed by atoms with van der Waals surface area (Å²) in [4.78, 5) is 73.8. The first-order chi connectivity index (χ1) is 26.9. The molecule has 0 saturated heterocycles. The van der Waals surface area contributed by atoms with E-state index in [-0.39, 0.29) is 49.5 Å². The van der Waals surface area contributed by atoms with E-state index >= 15 is 0 Å². The summed E-state index contributed by atoms with van der Waals surface area (Å²) in [5.74, 6) is -1.65. The summed E-state index contributed by atoms with van der Waals surface area (Å²) in [5.41, 5.74) is 10.2. The van der Waals surface area contributed by atoms with Crippen molar-refractivity contribution in [1.29, 1.82) is 0 Å². The molecule has 6 N–H and O–H groups in total. The molecule has 56 heavy (non-hydrogen) atoms. The van der Waals surface area contributed by atoms with E-state index in [4.69, 9.17) is 19.9 Å². The van der Waals surface area contributed by atoms with Gasteiger partial charge in [0.2, 0.25) is 11.8 Å². The number of nitro benzene ring substituents is 1. The topological polar surface area (TPSA) is 230 Å². The molecule has 0 radical (unpaired) electrons. The molecule has 4 aromatic rings. The fourth-order valence-corrected chi connectivity index (χ4v) is 6.17. The number of carbonyl (C=O) groups is 5. The summed E-state index contributed by atoms with van der Waals surface area (Å²) in [6, 6.07) is 24.3. The van der Waals surface area contributed by atoms with Crippen molar-refractivity contribution in [3.8, 4) is 16.9 Å². The molecule has 0 heterocycles. The quantitative estimate of drug-likeness (QED) is 0.0305. The maximum atomic E-state index is 13.6. The highest BCUT2D eigenvalue weighted by atomic mass is 16.7. The van der Waals surface area contributed by atoms with Crippen molar-refractivity contribution in [2.24, 2.45) is 11.7 Å². The second-order valence-electron chi connectivity index (χ2n) is 13.3. The molecule has 16 heteroatoms.